The van der Waals surface area contributed by atoms with E-state index in [1.807, 2.05) is 0 Å². The number of aliphatic hydroxyl groups is 1. The van der Waals surface area contributed by atoms with Crippen molar-refractivity contribution in [3.05, 3.63) is 12.7 Å². The molecule has 4 aliphatic rings. The summed E-state index contributed by atoms with van der Waals surface area (Å²) in [5.74, 6) is 0.501. The minimum Gasteiger partial charge on any atom is -0.462 e. The second kappa shape index (κ2) is 7.10. The van der Waals surface area contributed by atoms with Crippen LogP contribution >= 0.6 is 0 Å². The summed E-state index contributed by atoms with van der Waals surface area (Å²) >= 11 is 0. The van der Waals surface area contributed by atoms with Crippen LogP contribution in [0.5, 0.6) is 0 Å². The normalized spacial score (nSPS) is 47.6. The lowest BCUT2D eigenvalue weighted by molar-refractivity contribution is -0.242. The average Bonchev–Trinajstić information content (AvgIpc) is 3.24. The van der Waals surface area contributed by atoms with E-state index in [1.165, 1.54) is 6.92 Å². The number of fused-ring (bicyclic) bond motifs is 2. The zero-order chi connectivity index (χ0) is 20.2. The number of carbonyl (C=O) groups excluding carboxylic acids is 1. The summed E-state index contributed by atoms with van der Waals surface area (Å²) in [5.41, 5.74) is -0.140. The van der Waals surface area contributed by atoms with Gasteiger partial charge in [-0.15, -0.1) is 6.58 Å². The molecule has 1 heterocycles. The number of allylic oxidation sites excluding steroid dienone is 1. The van der Waals surface area contributed by atoms with Crippen molar-refractivity contribution in [3.8, 4) is 0 Å². The van der Waals surface area contributed by atoms with E-state index in [1.54, 1.807) is 0 Å². The van der Waals surface area contributed by atoms with Gasteiger partial charge in [0.15, 0.2) is 5.79 Å². The molecule has 28 heavy (non-hydrogen) atoms. The van der Waals surface area contributed by atoms with Gasteiger partial charge < -0.3 is 19.3 Å². The maximum atomic E-state index is 11.8. The summed E-state index contributed by atoms with van der Waals surface area (Å²) in [6.07, 6.45) is 7.84. The Hall–Kier alpha value is -0.910. The standard InChI is InChI=1S/C23H36O5/c1-5-17-18(21(3)9-6-16(25)14-20(21)28-15(2)24)7-10-22(4)19(17)8-11-23(22)26-12-13-27-23/h5,16-20,25H,1,6-14H2,2-4H3/t16-,17+,18?,19?,20-,21+,22-/m0/s1. The minimum absolute atomic E-state index is 0.000324. The van der Waals surface area contributed by atoms with Crippen molar-refractivity contribution in [3.63, 3.8) is 0 Å². The van der Waals surface area contributed by atoms with E-state index in [0.29, 0.717) is 37.4 Å². The highest BCUT2D eigenvalue weighted by Crippen LogP contribution is 2.66. The van der Waals surface area contributed by atoms with Gasteiger partial charge in [0.2, 0.25) is 0 Å². The molecule has 7 atom stereocenters. The summed E-state index contributed by atoms with van der Waals surface area (Å²) in [5, 5.41) is 10.2. The van der Waals surface area contributed by atoms with Crippen molar-refractivity contribution < 1.29 is 24.1 Å². The average molecular weight is 393 g/mol. The molecule has 5 heteroatoms. The number of rotatable bonds is 3. The molecule has 1 spiro atoms. The second-order valence-electron chi connectivity index (χ2n) is 10.0. The van der Waals surface area contributed by atoms with Crippen LogP contribution in [0.3, 0.4) is 0 Å². The largest absolute Gasteiger partial charge is 0.462 e. The third-order valence-electron chi connectivity index (χ3n) is 8.80. The Morgan fingerprint density at radius 2 is 1.79 bits per heavy atom. The zero-order valence-corrected chi connectivity index (χ0v) is 17.6. The van der Waals surface area contributed by atoms with Gasteiger partial charge in [0.05, 0.1) is 19.3 Å². The summed E-state index contributed by atoms with van der Waals surface area (Å²) in [4.78, 5) is 11.8. The third-order valence-corrected chi connectivity index (χ3v) is 8.80. The molecule has 4 rings (SSSR count). The first-order valence-electron chi connectivity index (χ1n) is 11.0. The Labute approximate surface area is 168 Å². The van der Waals surface area contributed by atoms with Gasteiger partial charge in [-0.1, -0.05) is 19.9 Å². The summed E-state index contributed by atoms with van der Waals surface area (Å²) in [6.45, 7) is 11.7. The van der Waals surface area contributed by atoms with Crippen LogP contribution < -0.4 is 0 Å². The Bertz CT molecular complexity index is 626. The minimum atomic E-state index is -0.428. The SMILES string of the molecule is C=C[C@H]1C2CCC3(OCCO3)[C@@]2(C)CCC1[C@@]1(C)CC[C@H](O)C[C@@H]1OC(C)=O. The molecule has 0 aromatic rings. The fourth-order valence-corrected chi connectivity index (χ4v) is 7.26. The van der Waals surface area contributed by atoms with Crippen molar-refractivity contribution in [1.29, 1.82) is 0 Å². The summed E-state index contributed by atoms with van der Waals surface area (Å²) in [7, 11) is 0. The number of hydrogen-bond acceptors (Lipinski definition) is 5. The van der Waals surface area contributed by atoms with Crippen molar-refractivity contribution in [2.45, 2.75) is 83.7 Å². The third kappa shape index (κ3) is 2.88. The Kier molecular flexibility index (Phi) is 5.17. The van der Waals surface area contributed by atoms with Gasteiger partial charge in [-0.25, -0.2) is 0 Å². The van der Waals surface area contributed by atoms with E-state index in [2.05, 4.69) is 26.5 Å². The van der Waals surface area contributed by atoms with Crippen LogP contribution in [-0.2, 0) is 19.0 Å². The maximum absolute atomic E-state index is 11.8. The highest BCUT2D eigenvalue weighted by molar-refractivity contribution is 5.66. The molecule has 1 N–H and O–H groups in total. The Balaban J connectivity index is 1.64. The number of ether oxygens (including phenoxy) is 3. The van der Waals surface area contributed by atoms with E-state index in [0.717, 1.165) is 38.5 Å². The monoisotopic (exact) mass is 392 g/mol. The molecule has 0 aromatic carbocycles. The van der Waals surface area contributed by atoms with E-state index < -0.39 is 5.79 Å². The van der Waals surface area contributed by atoms with Crippen LogP contribution in [0.4, 0.5) is 0 Å². The summed E-state index contributed by atoms with van der Waals surface area (Å²) in [6, 6.07) is 0. The molecule has 0 radical (unpaired) electrons. The lowest BCUT2D eigenvalue weighted by Crippen LogP contribution is -2.56. The molecule has 1 saturated heterocycles. The number of aliphatic hydroxyl groups excluding tert-OH is 1. The van der Waals surface area contributed by atoms with Gasteiger partial charge in [-0.05, 0) is 49.9 Å². The maximum Gasteiger partial charge on any atom is 0.302 e. The highest BCUT2D eigenvalue weighted by atomic mass is 16.7. The predicted molar refractivity (Wildman–Crippen MR) is 105 cm³/mol. The molecule has 3 saturated carbocycles. The molecule has 4 fully saturated rings. The highest BCUT2D eigenvalue weighted by Gasteiger charge is 2.66. The van der Waals surface area contributed by atoms with Crippen molar-refractivity contribution >= 4 is 5.97 Å². The van der Waals surface area contributed by atoms with Gasteiger partial charge in [-0.2, -0.15) is 0 Å². The Morgan fingerprint density at radius 3 is 2.43 bits per heavy atom. The van der Waals surface area contributed by atoms with Crippen LogP contribution in [0.1, 0.15) is 65.7 Å². The van der Waals surface area contributed by atoms with Crippen LogP contribution in [0, 0.1) is 28.6 Å². The molecule has 0 amide bonds. The molecule has 1 aliphatic heterocycles. The topological polar surface area (TPSA) is 65.0 Å². The lowest BCUT2D eigenvalue weighted by Gasteiger charge is -2.57. The molecular weight excluding hydrogens is 356 g/mol. The number of esters is 1. The number of hydrogen-bond donors (Lipinski definition) is 1. The number of carbonyl (C=O) groups is 1. The molecule has 158 valence electrons. The fraction of sp³-hybridized carbons (Fsp3) is 0.870. The molecule has 2 unspecified atom stereocenters. The molecule has 0 aromatic heterocycles. The van der Waals surface area contributed by atoms with Crippen LogP contribution in [0.2, 0.25) is 0 Å². The molecule has 5 nitrogen and oxygen atoms in total. The van der Waals surface area contributed by atoms with Crippen molar-refractivity contribution in [2.24, 2.45) is 28.6 Å². The predicted octanol–water partition coefficient (Wildman–Crippen LogP) is 3.84. The van der Waals surface area contributed by atoms with Gasteiger partial charge in [0, 0.05) is 30.6 Å². The first kappa shape index (κ1) is 20.4. The van der Waals surface area contributed by atoms with E-state index in [4.69, 9.17) is 14.2 Å². The van der Waals surface area contributed by atoms with E-state index in [-0.39, 0.29) is 29.0 Å². The van der Waals surface area contributed by atoms with Gasteiger partial charge >= 0.3 is 5.97 Å². The quantitative estimate of drug-likeness (QED) is 0.584. The van der Waals surface area contributed by atoms with E-state index in [9.17, 15) is 9.90 Å². The van der Waals surface area contributed by atoms with Crippen LogP contribution in [0.25, 0.3) is 0 Å². The molecule has 3 aliphatic carbocycles. The molecular formula is C23H36O5. The van der Waals surface area contributed by atoms with Gasteiger partial charge in [0.25, 0.3) is 0 Å². The summed E-state index contributed by atoms with van der Waals surface area (Å²) < 4.78 is 18.2. The Morgan fingerprint density at radius 1 is 1.11 bits per heavy atom. The van der Waals surface area contributed by atoms with Crippen LogP contribution in [-0.4, -0.2) is 42.3 Å². The van der Waals surface area contributed by atoms with Gasteiger partial charge in [0.1, 0.15) is 6.10 Å². The first-order valence-corrected chi connectivity index (χ1v) is 11.0. The second-order valence-corrected chi connectivity index (χ2v) is 10.0. The lowest BCUT2D eigenvalue weighted by atomic mass is 9.50. The zero-order valence-electron chi connectivity index (χ0n) is 17.6. The van der Waals surface area contributed by atoms with Crippen molar-refractivity contribution in [2.75, 3.05) is 13.2 Å². The van der Waals surface area contributed by atoms with Crippen molar-refractivity contribution in [1.82, 2.24) is 0 Å². The smallest absolute Gasteiger partial charge is 0.302 e. The van der Waals surface area contributed by atoms with E-state index >= 15 is 0 Å². The first-order chi connectivity index (χ1) is 13.3. The van der Waals surface area contributed by atoms with Gasteiger partial charge in [-0.3, -0.25) is 4.79 Å². The fourth-order valence-electron chi connectivity index (χ4n) is 7.26. The molecule has 0 bridgehead atoms. The van der Waals surface area contributed by atoms with Crippen LogP contribution in [0.15, 0.2) is 12.7 Å².